The Bertz CT molecular complexity index is 1540. The first kappa shape index (κ1) is 17.6. The Morgan fingerprint density at radius 1 is 0.613 bits per heavy atom. The first-order valence-corrected chi connectivity index (χ1v) is 10.0. The van der Waals surface area contributed by atoms with Gasteiger partial charge in [0.2, 0.25) is 0 Å². The fraction of sp³-hybridized carbons (Fsp3) is 0. The minimum Gasteiger partial charge on any atom is -0.355 e. The molecule has 0 aliphatic carbocycles. The van der Waals surface area contributed by atoms with E-state index in [0.29, 0.717) is 16.9 Å². The molecule has 31 heavy (non-hydrogen) atoms. The smallest absolute Gasteiger partial charge is 0.172 e. The molecule has 2 aliphatic heterocycles. The molecule has 148 valence electrons. The highest BCUT2D eigenvalue weighted by Crippen LogP contribution is 2.30. The van der Waals surface area contributed by atoms with Gasteiger partial charge in [0.15, 0.2) is 5.82 Å². The van der Waals surface area contributed by atoms with Gasteiger partial charge in [-0.15, -0.1) is 0 Å². The van der Waals surface area contributed by atoms with Crippen LogP contribution < -0.4 is 0 Å². The van der Waals surface area contributed by atoms with Crippen molar-refractivity contribution in [3.8, 4) is 11.1 Å². The molecule has 0 radical (unpaired) electrons. The van der Waals surface area contributed by atoms with E-state index in [1.807, 2.05) is 78.9 Å². The molecule has 5 heteroatoms. The summed E-state index contributed by atoms with van der Waals surface area (Å²) in [4.78, 5) is 15.9. The molecule has 3 aromatic heterocycles. The van der Waals surface area contributed by atoms with Crippen molar-refractivity contribution in [3.63, 3.8) is 0 Å². The van der Waals surface area contributed by atoms with Crippen LogP contribution in [-0.2, 0) is 0 Å². The maximum atomic E-state index is 15.2. The Labute approximate surface area is 177 Å². The molecule has 1 aromatic carbocycles. The van der Waals surface area contributed by atoms with Crippen molar-refractivity contribution in [2.24, 2.45) is 0 Å². The second-order valence-electron chi connectivity index (χ2n) is 7.51. The van der Waals surface area contributed by atoms with E-state index in [1.165, 1.54) is 0 Å². The monoisotopic (exact) mass is 404 g/mol. The molecule has 0 unspecified atom stereocenters. The number of H-pyrrole nitrogens is 2. The number of hydrogen-bond donors (Lipinski definition) is 2. The number of fused-ring (bicyclic) bond motifs is 8. The van der Waals surface area contributed by atoms with Gasteiger partial charge in [-0.25, -0.2) is 14.4 Å². The van der Waals surface area contributed by atoms with Crippen LogP contribution in [0.5, 0.6) is 0 Å². The van der Waals surface area contributed by atoms with Crippen molar-refractivity contribution in [2.45, 2.75) is 0 Å². The third kappa shape index (κ3) is 3.16. The third-order valence-electron chi connectivity index (χ3n) is 5.40. The number of aromatic nitrogens is 4. The third-order valence-corrected chi connectivity index (χ3v) is 5.40. The molecule has 4 aromatic rings. The molecule has 0 spiro atoms. The van der Waals surface area contributed by atoms with Crippen molar-refractivity contribution < 1.29 is 4.39 Å². The van der Waals surface area contributed by atoms with Crippen LogP contribution in [0, 0.1) is 5.82 Å². The van der Waals surface area contributed by atoms with Crippen molar-refractivity contribution in [2.75, 3.05) is 0 Å². The van der Waals surface area contributed by atoms with E-state index in [0.717, 1.165) is 39.1 Å². The van der Waals surface area contributed by atoms with Gasteiger partial charge >= 0.3 is 0 Å². The standard InChI is InChI=1S/C26H17FN4/c27-26-23-11-9-20(30-23)15-18-7-6-17(28-18)14-19-8-10-21(29-19)25(16-4-2-1-3-5-16)22-12-13-24(26)31-22/h1-15,29-30H. The lowest BCUT2D eigenvalue weighted by Gasteiger charge is -2.03. The average molecular weight is 404 g/mol. The van der Waals surface area contributed by atoms with Gasteiger partial charge in [0.25, 0.3) is 0 Å². The minimum absolute atomic E-state index is 0.302. The molecule has 5 heterocycles. The Balaban J connectivity index is 1.76. The van der Waals surface area contributed by atoms with Crippen molar-refractivity contribution in [1.29, 1.82) is 0 Å². The molecule has 0 saturated heterocycles. The lowest BCUT2D eigenvalue weighted by Crippen LogP contribution is -1.87. The zero-order chi connectivity index (χ0) is 20.8. The van der Waals surface area contributed by atoms with Crippen LogP contribution in [0.4, 0.5) is 4.39 Å². The van der Waals surface area contributed by atoms with E-state index in [-0.39, 0.29) is 5.82 Å². The summed E-state index contributed by atoms with van der Waals surface area (Å²) in [6.07, 6.45) is 7.49. The van der Waals surface area contributed by atoms with Gasteiger partial charge in [-0.05, 0) is 66.3 Å². The van der Waals surface area contributed by atoms with Crippen molar-refractivity contribution >= 4 is 46.4 Å². The first-order valence-electron chi connectivity index (χ1n) is 10.0. The quantitative estimate of drug-likeness (QED) is 0.330. The summed E-state index contributed by atoms with van der Waals surface area (Å²) in [7, 11) is 0. The number of halogens is 1. The summed E-state index contributed by atoms with van der Waals surface area (Å²) in [5.41, 5.74) is 7.63. The van der Waals surface area contributed by atoms with Crippen LogP contribution in [0.3, 0.4) is 0 Å². The molecule has 2 N–H and O–H groups in total. The molecular formula is C26H17FN4. The van der Waals surface area contributed by atoms with Gasteiger partial charge in [0.05, 0.1) is 22.6 Å². The van der Waals surface area contributed by atoms with Crippen LogP contribution in [0.15, 0.2) is 66.7 Å². The highest BCUT2D eigenvalue weighted by Gasteiger charge is 2.13. The largest absolute Gasteiger partial charge is 0.355 e. The van der Waals surface area contributed by atoms with Gasteiger partial charge in [-0.1, -0.05) is 30.3 Å². The van der Waals surface area contributed by atoms with Crippen LogP contribution >= 0.6 is 0 Å². The number of nitrogens with one attached hydrogen (secondary N) is 2. The van der Waals surface area contributed by atoms with Gasteiger partial charge in [-0.3, -0.25) is 0 Å². The Hall–Kier alpha value is -4.25. The normalized spacial score (nSPS) is 12.4. The Morgan fingerprint density at radius 3 is 2.00 bits per heavy atom. The van der Waals surface area contributed by atoms with Crippen LogP contribution in [0.2, 0.25) is 0 Å². The maximum absolute atomic E-state index is 15.2. The van der Waals surface area contributed by atoms with Gasteiger partial charge in [0.1, 0.15) is 5.69 Å². The van der Waals surface area contributed by atoms with E-state index in [2.05, 4.69) is 19.9 Å². The second kappa shape index (κ2) is 6.92. The van der Waals surface area contributed by atoms with Crippen molar-refractivity contribution in [3.05, 3.63) is 95.3 Å². The summed E-state index contributed by atoms with van der Waals surface area (Å²) in [6, 6.07) is 21.5. The molecular weight excluding hydrogens is 387 g/mol. The fourth-order valence-electron chi connectivity index (χ4n) is 3.95. The Kier molecular flexibility index (Phi) is 3.93. The number of rotatable bonds is 1. The van der Waals surface area contributed by atoms with Gasteiger partial charge < -0.3 is 9.97 Å². The summed E-state index contributed by atoms with van der Waals surface area (Å²) >= 11 is 0. The molecule has 0 atom stereocenters. The van der Waals surface area contributed by atoms with E-state index in [4.69, 9.17) is 0 Å². The molecule has 4 nitrogen and oxygen atoms in total. The number of nitrogens with zero attached hydrogens (tertiary/aromatic N) is 2. The molecule has 6 rings (SSSR count). The molecule has 0 saturated carbocycles. The van der Waals surface area contributed by atoms with E-state index in [1.54, 1.807) is 12.1 Å². The topological polar surface area (TPSA) is 57.4 Å². The highest BCUT2D eigenvalue weighted by molar-refractivity contribution is 5.91. The number of aromatic amines is 2. The van der Waals surface area contributed by atoms with Crippen LogP contribution in [-0.4, -0.2) is 19.9 Å². The van der Waals surface area contributed by atoms with Gasteiger partial charge in [-0.2, -0.15) is 0 Å². The summed E-state index contributed by atoms with van der Waals surface area (Å²) in [5, 5.41) is 0. The van der Waals surface area contributed by atoms with Crippen molar-refractivity contribution in [1.82, 2.24) is 19.9 Å². The van der Waals surface area contributed by atoms with Crippen LogP contribution in [0.1, 0.15) is 22.8 Å². The molecule has 0 amide bonds. The molecule has 0 fully saturated rings. The number of benzene rings is 1. The molecule has 2 aliphatic rings. The number of hydrogen-bond acceptors (Lipinski definition) is 2. The van der Waals surface area contributed by atoms with Crippen LogP contribution in [0.25, 0.3) is 57.5 Å². The van der Waals surface area contributed by atoms with Gasteiger partial charge in [0, 0.05) is 22.1 Å². The van der Waals surface area contributed by atoms with E-state index in [9.17, 15) is 0 Å². The Morgan fingerprint density at radius 2 is 1.26 bits per heavy atom. The second-order valence-corrected chi connectivity index (χ2v) is 7.51. The summed E-state index contributed by atoms with van der Waals surface area (Å²) in [6.45, 7) is 0. The lowest BCUT2D eigenvalue weighted by atomic mass is 10.0. The van der Waals surface area contributed by atoms with E-state index < -0.39 is 0 Å². The predicted molar refractivity (Wildman–Crippen MR) is 124 cm³/mol. The summed E-state index contributed by atoms with van der Waals surface area (Å²) < 4.78 is 15.2. The minimum atomic E-state index is -0.387. The highest BCUT2D eigenvalue weighted by atomic mass is 19.1. The average Bonchev–Trinajstić information content (AvgIpc) is 3.58. The predicted octanol–water partition coefficient (Wildman–Crippen LogP) is 6.46. The van der Waals surface area contributed by atoms with E-state index >= 15 is 4.39 Å². The zero-order valence-corrected chi connectivity index (χ0v) is 16.4. The molecule has 8 bridgehead atoms. The SMILES string of the molecule is Fc1c2nc(c(-c3ccccc3)c3ccc(cc4nc(cc5ccc1[nH]5)C=C4)[nH]3)C=C2. The lowest BCUT2D eigenvalue weighted by molar-refractivity contribution is 0.629. The maximum Gasteiger partial charge on any atom is 0.172 e. The fourth-order valence-corrected chi connectivity index (χ4v) is 3.95. The first-order chi connectivity index (χ1) is 15.2. The zero-order valence-electron chi connectivity index (χ0n) is 16.4. The summed E-state index contributed by atoms with van der Waals surface area (Å²) in [5.74, 6) is -0.387.